The summed E-state index contributed by atoms with van der Waals surface area (Å²) in [4.78, 5) is 11.8. The molecule has 5 nitrogen and oxygen atoms in total. The molecule has 0 aliphatic heterocycles. The average molecular weight is 1620 g/mol. The van der Waals surface area contributed by atoms with Gasteiger partial charge in [-0.2, -0.15) is 0 Å². The Kier molecular flexibility index (Phi) is 26.0. The van der Waals surface area contributed by atoms with Crippen LogP contribution in [0.1, 0.15) is 149 Å². The van der Waals surface area contributed by atoms with Gasteiger partial charge in [0.1, 0.15) is 0 Å². The highest BCUT2D eigenvalue weighted by Crippen LogP contribution is 2.56. The summed E-state index contributed by atoms with van der Waals surface area (Å²) in [5.41, 5.74) is 37.3. The number of hydrogen-bond acceptors (Lipinski definition) is 5. The molecule has 618 valence electrons. The third kappa shape index (κ3) is 19.4. The molecule has 2 aliphatic rings. The molecular formula is C119H117N5. The van der Waals surface area contributed by atoms with Gasteiger partial charge >= 0.3 is 0 Å². The van der Waals surface area contributed by atoms with Gasteiger partial charge in [-0.25, -0.2) is 0 Å². The lowest BCUT2D eigenvalue weighted by atomic mass is 9.58. The summed E-state index contributed by atoms with van der Waals surface area (Å²) in [7, 11) is 0. The third-order valence-corrected chi connectivity index (χ3v) is 25.8. The van der Waals surface area contributed by atoms with E-state index in [4.69, 9.17) is 0 Å². The van der Waals surface area contributed by atoms with Crippen LogP contribution in [-0.2, 0) is 5.41 Å². The SMILES string of the molecule is Cc1ccc(-c2ccc(N(c3ccccc3)c3ccccc3)cc2)cc1.Cc1ccc(N(c2ccc(C)cc2)c2ccc(C3(c4ccc(N(c5ccc(C)cc5)c5ccc(C)cc5)cc4)CCCCC3)cc2)cc1.Cc1ccc(N(c2ccc(C)cc2)c2ccc(C3CCCC(c4ccc(N(c5ccc(C)cc5)c5ccc(C)cc5)cc4)C3(C)C)cc2)cc1. The minimum atomic E-state index is 0.00636. The second-order valence-corrected chi connectivity index (χ2v) is 35.2. The largest absolute Gasteiger partial charge is 0.311 e. The van der Waals surface area contributed by atoms with Crippen LogP contribution in [0.25, 0.3) is 11.1 Å². The Labute approximate surface area is 738 Å². The Hall–Kier alpha value is -13.5. The van der Waals surface area contributed by atoms with E-state index in [-0.39, 0.29) is 10.8 Å². The zero-order valence-corrected chi connectivity index (χ0v) is 74.2. The highest BCUT2D eigenvalue weighted by atomic mass is 15.2. The van der Waals surface area contributed by atoms with Crippen LogP contribution in [0.4, 0.5) is 85.3 Å². The first-order valence-corrected chi connectivity index (χ1v) is 44.6. The predicted octanol–water partition coefficient (Wildman–Crippen LogP) is 34.2. The highest BCUT2D eigenvalue weighted by molar-refractivity contribution is 5.83. The van der Waals surface area contributed by atoms with Crippen molar-refractivity contribution < 1.29 is 0 Å². The summed E-state index contributed by atoms with van der Waals surface area (Å²) < 4.78 is 0. The Balaban J connectivity index is 0.000000144. The minimum Gasteiger partial charge on any atom is -0.311 e. The molecule has 2 unspecified atom stereocenters. The van der Waals surface area contributed by atoms with Crippen LogP contribution in [-0.4, -0.2) is 0 Å². The molecule has 0 heterocycles. The van der Waals surface area contributed by atoms with E-state index in [2.05, 4.69) is 489 Å². The molecule has 0 spiro atoms. The van der Waals surface area contributed by atoms with E-state index >= 15 is 0 Å². The van der Waals surface area contributed by atoms with Crippen LogP contribution >= 0.6 is 0 Å². The van der Waals surface area contributed by atoms with Crippen molar-refractivity contribution in [2.24, 2.45) is 5.41 Å². The maximum absolute atomic E-state index is 2.50. The van der Waals surface area contributed by atoms with Crippen molar-refractivity contribution in [3.8, 4) is 11.1 Å². The predicted molar refractivity (Wildman–Crippen MR) is 531 cm³/mol. The quantitative estimate of drug-likeness (QED) is 0.0754. The van der Waals surface area contributed by atoms with Crippen molar-refractivity contribution in [3.63, 3.8) is 0 Å². The van der Waals surface area contributed by atoms with E-state index in [0.29, 0.717) is 11.8 Å². The highest BCUT2D eigenvalue weighted by Gasteiger charge is 2.42. The van der Waals surface area contributed by atoms with E-state index in [1.807, 2.05) is 12.1 Å². The molecule has 5 heteroatoms. The van der Waals surface area contributed by atoms with Crippen molar-refractivity contribution in [3.05, 3.63) is 473 Å². The molecular weight excluding hydrogens is 1500 g/mol. The molecule has 0 bridgehead atoms. The fourth-order valence-corrected chi connectivity index (χ4v) is 18.7. The van der Waals surface area contributed by atoms with Gasteiger partial charge in [-0.05, 0) is 321 Å². The van der Waals surface area contributed by atoms with E-state index in [9.17, 15) is 0 Å². The standard InChI is InChI=1S/C48H50N2.C46H46N2.C25H21N/c1-34-10-22-40(23-11-34)49(41-24-12-35(2)13-25-41)44-30-18-38(19-31-44)46-8-7-9-47(48(46,5)6)39-20-32-45(33-21-39)50(42-26-14-36(3)15-27-42)43-28-16-37(4)17-29-43;1-34-8-20-40(21-9-34)47(41-22-10-35(2)11-23-41)44-28-16-38(17-29-44)46(32-6-5-7-33-46)39-18-30-45(31-19-39)48(42-24-12-36(3)13-25-42)43-26-14-37(4)15-27-43;1-20-12-14-21(15-13-20)22-16-18-25(19-17-22)26(23-8-4-2-5-9-23)24-10-6-3-7-11-24/h10-33,46-47H,7-9H2,1-6H3;8-31H,5-7,32-33H2,1-4H3;2-19H,1H3. The van der Waals surface area contributed by atoms with Gasteiger partial charge in [0.15, 0.2) is 0 Å². The number of anilines is 15. The summed E-state index contributed by atoms with van der Waals surface area (Å²) in [5.74, 6) is 0.970. The van der Waals surface area contributed by atoms with Crippen LogP contribution in [0, 0.1) is 67.7 Å². The first-order chi connectivity index (χ1) is 60.4. The molecule has 2 saturated carbocycles. The molecule has 124 heavy (non-hydrogen) atoms. The van der Waals surface area contributed by atoms with E-state index in [0.717, 1.165) is 17.1 Å². The molecule has 18 rings (SSSR count). The molecule has 0 N–H and O–H groups in total. The van der Waals surface area contributed by atoms with Crippen molar-refractivity contribution in [1.82, 2.24) is 0 Å². The lowest BCUT2D eigenvalue weighted by Crippen LogP contribution is -2.33. The van der Waals surface area contributed by atoms with Crippen LogP contribution < -0.4 is 24.5 Å². The maximum Gasteiger partial charge on any atom is 0.0462 e. The Morgan fingerprint density at radius 2 is 0.363 bits per heavy atom. The van der Waals surface area contributed by atoms with Crippen molar-refractivity contribution in [2.75, 3.05) is 24.5 Å². The summed E-state index contributed by atoms with van der Waals surface area (Å²) in [6.45, 7) is 24.3. The first kappa shape index (κ1) is 84.1. The smallest absolute Gasteiger partial charge is 0.0462 e. The number of aryl methyl sites for hydroxylation is 9. The normalized spacial score (nSPS) is 14.4. The van der Waals surface area contributed by atoms with Gasteiger partial charge in [0.25, 0.3) is 0 Å². The van der Waals surface area contributed by atoms with Crippen molar-refractivity contribution in [2.45, 2.75) is 145 Å². The van der Waals surface area contributed by atoms with E-state index in [1.165, 1.54) is 203 Å². The van der Waals surface area contributed by atoms with Crippen LogP contribution in [0.3, 0.4) is 0 Å². The molecule has 16 aromatic carbocycles. The molecule has 2 atom stereocenters. The Morgan fingerprint density at radius 3 is 0.589 bits per heavy atom. The molecule has 0 saturated heterocycles. The fraction of sp³-hybridized carbons (Fsp3) is 0.193. The number of nitrogens with zero attached hydrogens (tertiary/aromatic N) is 5. The number of rotatable bonds is 20. The van der Waals surface area contributed by atoms with Crippen LogP contribution in [0.15, 0.2) is 400 Å². The molecule has 2 fully saturated rings. The van der Waals surface area contributed by atoms with E-state index < -0.39 is 0 Å². The van der Waals surface area contributed by atoms with Crippen molar-refractivity contribution in [1.29, 1.82) is 0 Å². The second-order valence-electron chi connectivity index (χ2n) is 35.2. The van der Waals surface area contributed by atoms with Gasteiger partial charge in [-0.15, -0.1) is 0 Å². The zero-order chi connectivity index (χ0) is 85.7. The summed E-state index contributed by atoms with van der Waals surface area (Å²) in [6, 6.07) is 147. The van der Waals surface area contributed by atoms with Crippen LogP contribution in [0.2, 0.25) is 0 Å². The summed E-state index contributed by atoms with van der Waals surface area (Å²) >= 11 is 0. The number of para-hydroxylation sites is 2. The lowest BCUT2D eigenvalue weighted by molar-refractivity contribution is 0.160. The topological polar surface area (TPSA) is 16.2 Å². The van der Waals surface area contributed by atoms with Gasteiger partial charge < -0.3 is 24.5 Å². The molecule has 0 aromatic heterocycles. The molecule has 16 aromatic rings. The van der Waals surface area contributed by atoms with Gasteiger partial charge in [-0.1, -0.05) is 308 Å². The van der Waals surface area contributed by atoms with Gasteiger partial charge in [0.2, 0.25) is 0 Å². The Morgan fingerprint density at radius 1 is 0.185 bits per heavy atom. The average Bonchev–Trinajstić information content (AvgIpc) is 0.764. The van der Waals surface area contributed by atoms with E-state index in [1.54, 1.807) is 0 Å². The molecule has 0 amide bonds. The monoisotopic (exact) mass is 1620 g/mol. The second kappa shape index (κ2) is 38.3. The third-order valence-electron chi connectivity index (χ3n) is 25.8. The summed E-state index contributed by atoms with van der Waals surface area (Å²) in [6.07, 6.45) is 9.82. The number of benzene rings is 16. The van der Waals surface area contributed by atoms with Crippen molar-refractivity contribution >= 4 is 85.3 Å². The van der Waals surface area contributed by atoms with Gasteiger partial charge in [0, 0.05) is 90.7 Å². The van der Waals surface area contributed by atoms with Gasteiger partial charge in [-0.3, -0.25) is 0 Å². The molecule has 2 aliphatic carbocycles. The minimum absolute atomic E-state index is 0.00636. The van der Waals surface area contributed by atoms with Crippen LogP contribution in [0.5, 0.6) is 0 Å². The first-order valence-electron chi connectivity index (χ1n) is 44.6. The lowest BCUT2D eigenvalue weighted by Gasteiger charge is -2.46. The number of hydrogen-bond donors (Lipinski definition) is 0. The van der Waals surface area contributed by atoms with Gasteiger partial charge in [0.05, 0.1) is 0 Å². The molecule has 0 radical (unpaired) electrons. The zero-order valence-electron chi connectivity index (χ0n) is 74.2. The fourth-order valence-electron chi connectivity index (χ4n) is 18.7. The Bertz CT molecular complexity index is 5560. The maximum atomic E-state index is 2.50. The summed E-state index contributed by atoms with van der Waals surface area (Å²) in [5, 5.41) is 0.